The molecule has 0 atom stereocenters. The van der Waals surface area contributed by atoms with E-state index < -0.39 is 5.97 Å². The van der Waals surface area contributed by atoms with Gasteiger partial charge in [0.1, 0.15) is 34.2 Å². The second-order valence-corrected chi connectivity index (χ2v) is 7.70. The van der Waals surface area contributed by atoms with E-state index in [1.165, 1.54) is 17.8 Å². The molecule has 0 unspecified atom stereocenters. The predicted octanol–water partition coefficient (Wildman–Crippen LogP) is 4.94. The Labute approximate surface area is 196 Å². The molecule has 0 fully saturated rings. The smallest absolute Gasteiger partial charge is 0.337 e. The van der Waals surface area contributed by atoms with E-state index in [0.717, 1.165) is 0 Å². The van der Waals surface area contributed by atoms with Gasteiger partial charge in [0, 0.05) is 32.4 Å². The lowest BCUT2D eigenvalue weighted by atomic mass is 10.2. The first kappa shape index (κ1) is 23.6. The van der Waals surface area contributed by atoms with Crippen molar-refractivity contribution in [1.82, 2.24) is 14.9 Å². The van der Waals surface area contributed by atoms with Gasteiger partial charge in [-0.05, 0) is 37.4 Å². The van der Waals surface area contributed by atoms with E-state index in [0.29, 0.717) is 33.7 Å². The lowest BCUT2D eigenvalue weighted by Gasteiger charge is -2.14. The third kappa shape index (κ3) is 6.48. The fraction of sp³-hybridized carbons (Fsp3) is 0.167. The minimum Gasteiger partial charge on any atom is -0.456 e. The third-order valence-electron chi connectivity index (χ3n) is 4.08. The van der Waals surface area contributed by atoms with Crippen LogP contribution >= 0.6 is 11.8 Å². The number of thioether (sulfide) groups is 1. The summed E-state index contributed by atoms with van der Waals surface area (Å²) in [5.74, 6) is 1.43. The highest BCUT2D eigenvalue weighted by Gasteiger charge is 2.19. The number of hydrogen-bond acceptors (Lipinski definition) is 9. The van der Waals surface area contributed by atoms with Gasteiger partial charge in [0.25, 0.3) is 5.88 Å². The van der Waals surface area contributed by atoms with Gasteiger partial charge >= 0.3 is 5.97 Å². The quantitative estimate of drug-likeness (QED) is 0.199. The van der Waals surface area contributed by atoms with E-state index in [-0.39, 0.29) is 11.6 Å². The van der Waals surface area contributed by atoms with Crippen molar-refractivity contribution in [1.29, 1.82) is 5.26 Å². The number of benzene rings is 2. The molecule has 1 aromatic heterocycles. The van der Waals surface area contributed by atoms with Crippen molar-refractivity contribution in [2.24, 2.45) is 0 Å². The van der Waals surface area contributed by atoms with E-state index in [1.54, 1.807) is 80.6 Å². The summed E-state index contributed by atoms with van der Waals surface area (Å²) in [6, 6.07) is 15.9. The Hall–Kier alpha value is -4.03. The largest absolute Gasteiger partial charge is 0.456 e. The summed E-state index contributed by atoms with van der Waals surface area (Å²) in [6.07, 6.45) is 4.70. The highest BCUT2D eigenvalue weighted by molar-refractivity contribution is 7.98. The monoisotopic (exact) mass is 462 g/mol. The zero-order valence-electron chi connectivity index (χ0n) is 18.6. The second kappa shape index (κ2) is 11.0. The van der Waals surface area contributed by atoms with Gasteiger partial charge < -0.3 is 19.1 Å². The van der Waals surface area contributed by atoms with Crippen LogP contribution in [0, 0.1) is 18.3 Å². The number of ether oxygens (including phenoxy) is 3. The van der Waals surface area contributed by atoms with Gasteiger partial charge in [-0.25, -0.2) is 9.78 Å². The topological polar surface area (TPSA) is 97.6 Å². The molecule has 1 heterocycles. The number of para-hydroxylation sites is 1. The summed E-state index contributed by atoms with van der Waals surface area (Å²) < 4.78 is 17.3. The number of carbonyl (C=O) groups is 1. The summed E-state index contributed by atoms with van der Waals surface area (Å²) in [7, 11) is 3.59. The Morgan fingerprint density at radius 1 is 1.09 bits per heavy atom. The standard InChI is InChI=1S/C24H22N4O4S/c1-16-26-23(22(24(27-16)33-4)32-21(29)12-13-28(2)3)31-19-10-7-9-18(14-19)30-20-11-6-5-8-17(20)15-25/h5-14H,1-4H3. The van der Waals surface area contributed by atoms with E-state index in [9.17, 15) is 10.1 Å². The van der Waals surface area contributed by atoms with Crippen molar-refractivity contribution in [3.8, 4) is 34.9 Å². The average molecular weight is 463 g/mol. The molecule has 0 radical (unpaired) electrons. The predicted molar refractivity (Wildman–Crippen MR) is 125 cm³/mol. The maximum Gasteiger partial charge on any atom is 0.337 e. The average Bonchev–Trinajstić information content (AvgIpc) is 2.79. The molecule has 0 aliphatic carbocycles. The molecule has 33 heavy (non-hydrogen) atoms. The first-order chi connectivity index (χ1) is 15.9. The molecule has 9 heteroatoms. The minimum atomic E-state index is -0.582. The Balaban J connectivity index is 1.90. The van der Waals surface area contributed by atoms with Crippen LogP contribution in [-0.4, -0.2) is 41.2 Å². The number of aromatic nitrogens is 2. The summed E-state index contributed by atoms with van der Waals surface area (Å²) in [5.41, 5.74) is 0.417. The molecular formula is C24H22N4O4S. The summed E-state index contributed by atoms with van der Waals surface area (Å²) in [6.45, 7) is 1.72. The maximum atomic E-state index is 12.3. The van der Waals surface area contributed by atoms with Crippen molar-refractivity contribution in [3.05, 3.63) is 72.2 Å². The highest BCUT2D eigenvalue weighted by atomic mass is 32.2. The number of nitriles is 1. The maximum absolute atomic E-state index is 12.3. The Bertz CT molecular complexity index is 1220. The SMILES string of the molecule is CSc1nc(C)nc(Oc2cccc(Oc3ccccc3C#N)c2)c1OC(=O)C=CN(C)C. The van der Waals surface area contributed by atoms with Crippen molar-refractivity contribution in [2.45, 2.75) is 11.9 Å². The van der Waals surface area contributed by atoms with Crippen LogP contribution in [0.25, 0.3) is 0 Å². The first-order valence-corrected chi connectivity index (χ1v) is 11.1. The lowest BCUT2D eigenvalue weighted by Crippen LogP contribution is -2.10. The number of rotatable bonds is 8. The van der Waals surface area contributed by atoms with Crippen LogP contribution in [0.1, 0.15) is 11.4 Å². The second-order valence-electron chi connectivity index (χ2n) is 6.90. The van der Waals surface area contributed by atoms with E-state index in [1.807, 2.05) is 6.26 Å². The number of nitrogens with zero attached hydrogens (tertiary/aromatic N) is 4. The lowest BCUT2D eigenvalue weighted by molar-refractivity contribution is -0.129. The molecule has 0 aliphatic rings. The van der Waals surface area contributed by atoms with Crippen LogP contribution in [-0.2, 0) is 4.79 Å². The van der Waals surface area contributed by atoms with Gasteiger partial charge in [0.05, 0.1) is 5.56 Å². The van der Waals surface area contributed by atoms with E-state index in [4.69, 9.17) is 14.2 Å². The van der Waals surface area contributed by atoms with Gasteiger partial charge in [-0.3, -0.25) is 0 Å². The molecule has 8 nitrogen and oxygen atoms in total. The zero-order chi connectivity index (χ0) is 23.8. The molecule has 0 saturated carbocycles. The molecule has 0 saturated heterocycles. The minimum absolute atomic E-state index is 0.105. The Morgan fingerprint density at radius 2 is 1.82 bits per heavy atom. The van der Waals surface area contributed by atoms with Gasteiger partial charge in [0.15, 0.2) is 0 Å². The van der Waals surface area contributed by atoms with Crippen LogP contribution in [0.15, 0.2) is 65.8 Å². The van der Waals surface area contributed by atoms with Crippen molar-refractivity contribution >= 4 is 17.7 Å². The molecule has 0 amide bonds. The summed E-state index contributed by atoms with van der Waals surface area (Å²) in [4.78, 5) is 22.7. The highest BCUT2D eigenvalue weighted by Crippen LogP contribution is 2.38. The van der Waals surface area contributed by atoms with Crippen molar-refractivity contribution < 1.29 is 19.0 Å². The van der Waals surface area contributed by atoms with Gasteiger partial charge in [-0.2, -0.15) is 10.2 Å². The fourth-order valence-electron chi connectivity index (χ4n) is 2.64. The van der Waals surface area contributed by atoms with Crippen LogP contribution < -0.4 is 14.2 Å². The van der Waals surface area contributed by atoms with Crippen molar-refractivity contribution in [3.63, 3.8) is 0 Å². The number of esters is 1. The number of hydrogen-bond donors (Lipinski definition) is 0. The molecule has 2 aromatic carbocycles. The van der Waals surface area contributed by atoms with Crippen molar-refractivity contribution in [2.75, 3.05) is 20.4 Å². The van der Waals surface area contributed by atoms with Gasteiger partial charge in [-0.1, -0.05) is 18.2 Å². The van der Waals surface area contributed by atoms with Crippen LogP contribution in [0.5, 0.6) is 28.9 Å². The van der Waals surface area contributed by atoms with Gasteiger partial charge in [0.2, 0.25) is 5.75 Å². The Kier molecular flexibility index (Phi) is 7.89. The molecule has 0 spiro atoms. The molecule has 0 aliphatic heterocycles. The van der Waals surface area contributed by atoms with Crippen LogP contribution in [0.4, 0.5) is 0 Å². The molecule has 168 valence electrons. The molecule has 3 rings (SSSR count). The molecule has 3 aromatic rings. The van der Waals surface area contributed by atoms with E-state index >= 15 is 0 Å². The molecular weight excluding hydrogens is 440 g/mol. The normalized spacial score (nSPS) is 10.5. The Morgan fingerprint density at radius 3 is 2.52 bits per heavy atom. The molecule has 0 N–H and O–H groups in total. The zero-order valence-corrected chi connectivity index (χ0v) is 19.4. The fourth-order valence-corrected chi connectivity index (χ4v) is 3.18. The first-order valence-electron chi connectivity index (χ1n) is 9.83. The van der Waals surface area contributed by atoms with E-state index in [2.05, 4.69) is 16.0 Å². The number of aryl methyl sites for hydroxylation is 1. The number of carbonyl (C=O) groups excluding carboxylic acids is 1. The summed E-state index contributed by atoms with van der Waals surface area (Å²) >= 11 is 1.31. The van der Waals surface area contributed by atoms with Crippen LogP contribution in [0.2, 0.25) is 0 Å². The van der Waals surface area contributed by atoms with Gasteiger partial charge in [-0.15, -0.1) is 11.8 Å². The summed E-state index contributed by atoms with van der Waals surface area (Å²) in [5, 5.41) is 9.74. The third-order valence-corrected chi connectivity index (χ3v) is 4.74. The molecule has 0 bridgehead atoms. The van der Waals surface area contributed by atoms with Crippen LogP contribution in [0.3, 0.4) is 0 Å².